The molecule has 0 radical (unpaired) electrons. The smallest absolute Gasteiger partial charge is 0.232 e. The van der Waals surface area contributed by atoms with Crippen LogP contribution in [-0.4, -0.2) is 54.7 Å². The van der Waals surface area contributed by atoms with Gasteiger partial charge in [0.15, 0.2) is 0 Å². The predicted octanol–water partition coefficient (Wildman–Crippen LogP) is 1.36. The van der Waals surface area contributed by atoms with E-state index in [1.54, 1.807) is 24.3 Å². The summed E-state index contributed by atoms with van der Waals surface area (Å²) in [5.74, 6) is 0.193. The number of carbonyl (C=O) groups is 2. The summed E-state index contributed by atoms with van der Waals surface area (Å²) < 4.78 is 10.8. The van der Waals surface area contributed by atoms with E-state index in [4.69, 9.17) is 15.2 Å². The number of aromatic nitrogens is 2. The van der Waals surface area contributed by atoms with E-state index in [-0.39, 0.29) is 29.9 Å². The van der Waals surface area contributed by atoms with Gasteiger partial charge in [0.2, 0.25) is 17.8 Å². The van der Waals surface area contributed by atoms with Crippen molar-refractivity contribution in [2.75, 3.05) is 54.2 Å². The van der Waals surface area contributed by atoms with Crippen LogP contribution in [0, 0.1) is 0 Å². The van der Waals surface area contributed by atoms with E-state index >= 15 is 0 Å². The van der Waals surface area contributed by atoms with Crippen molar-refractivity contribution in [1.82, 2.24) is 9.97 Å². The van der Waals surface area contributed by atoms with Crippen LogP contribution in [0.15, 0.2) is 24.3 Å². The molecule has 0 spiro atoms. The van der Waals surface area contributed by atoms with Gasteiger partial charge >= 0.3 is 0 Å². The number of amides is 2. The minimum absolute atomic E-state index is 0.0275. The molecule has 4 rings (SSSR count). The average molecular weight is 412 g/mol. The fourth-order valence-electron chi connectivity index (χ4n) is 3.54. The Morgan fingerprint density at radius 2 is 2.03 bits per heavy atom. The van der Waals surface area contributed by atoms with Crippen molar-refractivity contribution in [1.29, 1.82) is 0 Å². The van der Waals surface area contributed by atoms with E-state index in [1.807, 2.05) is 11.8 Å². The Kier molecular flexibility index (Phi) is 5.66. The summed E-state index contributed by atoms with van der Waals surface area (Å²) in [6, 6.07) is 7.03. The van der Waals surface area contributed by atoms with Crippen LogP contribution in [0.25, 0.3) is 0 Å². The monoisotopic (exact) mass is 412 g/mol. The normalized spacial score (nSPS) is 18.4. The molecule has 1 atom stereocenters. The summed E-state index contributed by atoms with van der Waals surface area (Å²) in [4.78, 5) is 36.0. The highest BCUT2D eigenvalue weighted by atomic mass is 16.5. The van der Waals surface area contributed by atoms with Gasteiger partial charge in [0.1, 0.15) is 17.4 Å². The number of nitrogens with one attached hydrogen (secondary N) is 2. The number of nitrogen functional groups attached to an aromatic ring is 1. The Morgan fingerprint density at radius 3 is 2.73 bits per heavy atom. The third-order valence-corrected chi connectivity index (χ3v) is 5.00. The second kappa shape index (κ2) is 8.54. The first kappa shape index (κ1) is 19.9. The number of rotatable bonds is 5. The highest BCUT2D eigenvalue weighted by Gasteiger charge is 2.35. The minimum atomic E-state index is -0.779. The number of benzene rings is 1. The van der Waals surface area contributed by atoms with Crippen molar-refractivity contribution < 1.29 is 19.1 Å². The van der Waals surface area contributed by atoms with Crippen LogP contribution < -0.4 is 26.0 Å². The standard InChI is InChI=1S/C20H24N6O4/c1-2-30-13-5-3-12(4-6-13)22-19(28)14-11-15(27)23-18-16(14)17(21)24-20(25-18)26-7-9-29-10-8-26/h3-6,14H,2,7-11H2,1H3,(H,22,28)(H3,21,23,24,25,27)/t14-/m1/s1. The molecule has 1 aromatic heterocycles. The molecule has 0 aliphatic carbocycles. The first-order chi connectivity index (χ1) is 14.5. The van der Waals surface area contributed by atoms with E-state index in [9.17, 15) is 9.59 Å². The minimum Gasteiger partial charge on any atom is -0.494 e. The number of nitrogens with zero attached hydrogens (tertiary/aromatic N) is 3. The molecule has 2 amide bonds. The van der Waals surface area contributed by atoms with Crippen molar-refractivity contribution in [2.45, 2.75) is 19.3 Å². The second-order valence-corrected chi connectivity index (χ2v) is 7.02. The van der Waals surface area contributed by atoms with E-state index < -0.39 is 5.92 Å². The third-order valence-electron chi connectivity index (χ3n) is 5.00. The van der Waals surface area contributed by atoms with E-state index in [2.05, 4.69) is 20.6 Å². The second-order valence-electron chi connectivity index (χ2n) is 7.02. The van der Waals surface area contributed by atoms with Crippen LogP contribution >= 0.6 is 0 Å². The number of hydrogen-bond donors (Lipinski definition) is 3. The molecule has 10 heteroatoms. The Hall–Kier alpha value is -3.40. The predicted molar refractivity (Wildman–Crippen MR) is 112 cm³/mol. The molecule has 1 fully saturated rings. The van der Waals surface area contributed by atoms with Gasteiger partial charge in [-0.3, -0.25) is 9.59 Å². The van der Waals surface area contributed by atoms with Crippen molar-refractivity contribution in [3.8, 4) is 5.75 Å². The maximum atomic E-state index is 13.0. The van der Waals surface area contributed by atoms with Crippen molar-refractivity contribution in [3.63, 3.8) is 0 Å². The van der Waals surface area contributed by atoms with Crippen LogP contribution in [0.3, 0.4) is 0 Å². The summed E-state index contributed by atoms with van der Waals surface area (Å²) in [6.45, 7) is 4.87. The lowest BCUT2D eigenvalue weighted by Crippen LogP contribution is -2.38. The Labute approximate surface area is 173 Å². The van der Waals surface area contributed by atoms with E-state index in [0.29, 0.717) is 55.9 Å². The fraction of sp³-hybridized carbons (Fsp3) is 0.400. The molecule has 2 aromatic rings. The molecule has 1 aromatic carbocycles. The zero-order valence-corrected chi connectivity index (χ0v) is 16.7. The molecule has 4 N–H and O–H groups in total. The molecule has 158 valence electrons. The molecular weight excluding hydrogens is 388 g/mol. The van der Waals surface area contributed by atoms with Crippen LogP contribution in [0.5, 0.6) is 5.75 Å². The summed E-state index contributed by atoms with van der Waals surface area (Å²) in [7, 11) is 0. The lowest BCUT2D eigenvalue weighted by Gasteiger charge is -2.30. The number of anilines is 4. The number of hydrogen-bond acceptors (Lipinski definition) is 8. The summed E-state index contributed by atoms with van der Waals surface area (Å²) >= 11 is 0. The van der Waals surface area contributed by atoms with Gasteiger partial charge in [0.05, 0.1) is 31.3 Å². The highest BCUT2D eigenvalue weighted by Crippen LogP contribution is 2.36. The van der Waals surface area contributed by atoms with Gasteiger partial charge in [-0.25, -0.2) is 0 Å². The quantitative estimate of drug-likeness (QED) is 0.671. The Bertz CT molecular complexity index is 943. The molecule has 2 aliphatic rings. The number of nitrogens with two attached hydrogens (primary N) is 1. The molecule has 3 heterocycles. The van der Waals surface area contributed by atoms with Gasteiger partial charge in [-0.15, -0.1) is 0 Å². The van der Waals surface area contributed by atoms with Crippen LogP contribution in [0.4, 0.5) is 23.3 Å². The van der Waals surface area contributed by atoms with Crippen molar-refractivity contribution in [2.24, 2.45) is 0 Å². The molecule has 0 bridgehead atoms. The zero-order chi connectivity index (χ0) is 21.1. The van der Waals surface area contributed by atoms with Gasteiger partial charge in [0, 0.05) is 25.2 Å². The van der Waals surface area contributed by atoms with Crippen LogP contribution in [0.1, 0.15) is 24.8 Å². The fourth-order valence-corrected chi connectivity index (χ4v) is 3.54. The maximum absolute atomic E-state index is 13.0. The zero-order valence-electron chi connectivity index (χ0n) is 16.7. The van der Waals surface area contributed by atoms with Gasteiger partial charge in [-0.2, -0.15) is 9.97 Å². The van der Waals surface area contributed by atoms with E-state index in [1.165, 1.54) is 0 Å². The highest BCUT2D eigenvalue weighted by molar-refractivity contribution is 6.05. The number of morpholine rings is 1. The topological polar surface area (TPSA) is 132 Å². The summed E-state index contributed by atoms with van der Waals surface area (Å²) in [5.41, 5.74) is 7.25. The third kappa shape index (κ3) is 4.13. The molecule has 0 saturated carbocycles. The van der Waals surface area contributed by atoms with Crippen LogP contribution in [-0.2, 0) is 14.3 Å². The lowest BCUT2D eigenvalue weighted by molar-refractivity contribution is -0.123. The molecule has 30 heavy (non-hydrogen) atoms. The maximum Gasteiger partial charge on any atom is 0.232 e. The Balaban J connectivity index is 1.57. The molecule has 10 nitrogen and oxygen atoms in total. The first-order valence-electron chi connectivity index (χ1n) is 9.89. The molecule has 1 saturated heterocycles. The summed E-state index contributed by atoms with van der Waals surface area (Å²) in [5, 5.41) is 5.56. The lowest BCUT2D eigenvalue weighted by atomic mass is 9.92. The van der Waals surface area contributed by atoms with Gasteiger partial charge in [0.25, 0.3) is 0 Å². The SMILES string of the molecule is CCOc1ccc(NC(=O)[C@@H]2CC(=O)Nc3nc(N4CCOCC4)nc(N)c32)cc1. The number of ether oxygens (including phenoxy) is 2. The summed E-state index contributed by atoms with van der Waals surface area (Å²) in [6.07, 6.45) is -0.0275. The first-order valence-corrected chi connectivity index (χ1v) is 9.89. The average Bonchev–Trinajstić information content (AvgIpc) is 2.75. The number of fused-ring (bicyclic) bond motifs is 1. The van der Waals surface area contributed by atoms with E-state index in [0.717, 1.165) is 0 Å². The molecule has 2 aliphatic heterocycles. The largest absolute Gasteiger partial charge is 0.494 e. The number of carbonyl (C=O) groups excluding carboxylic acids is 2. The molecule has 0 unspecified atom stereocenters. The van der Waals surface area contributed by atoms with Gasteiger partial charge < -0.3 is 30.7 Å². The van der Waals surface area contributed by atoms with Crippen molar-refractivity contribution >= 4 is 35.1 Å². The van der Waals surface area contributed by atoms with Crippen molar-refractivity contribution in [3.05, 3.63) is 29.8 Å². The van der Waals surface area contributed by atoms with Crippen LogP contribution in [0.2, 0.25) is 0 Å². The molecular formula is C20H24N6O4. The Morgan fingerprint density at radius 1 is 1.30 bits per heavy atom. The van der Waals surface area contributed by atoms with Gasteiger partial charge in [-0.05, 0) is 31.2 Å². The van der Waals surface area contributed by atoms with Gasteiger partial charge in [-0.1, -0.05) is 0 Å².